The number of morpholine rings is 1. The second-order valence-corrected chi connectivity index (χ2v) is 11.2. The van der Waals surface area contributed by atoms with Crippen molar-refractivity contribution < 1.29 is 9.53 Å². The standard InChI is InChI=1S/C24H45Cl3N2O2/c1-2-3-4-5-6-7-8-9-10-11-12-13-14-15-16-17-22(30)28-23(24(25,26)27)29-18-20-31-21-19-29/h23H,2-21H2,1H3,(H,28,30)/t23-/m0/s1. The molecule has 0 spiro atoms. The summed E-state index contributed by atoms with van der Waals surface area (Å²) in [5.74, 6) is -0.0440. The van der Waals surface area contributed by atoms with Crippen LogP contribution in [0.4, 0.5) is 0 Å². The highest BCUT2D eigenvalue weighted by Crippen LogP contribution is 2.32. The molecule has 1 rings (SSSR count). The second-order valence-electron chi connectivity index (χ2n) is 8.86. The van der Waals surface area contributed by atoms with Gasteiger partial charge in [0.1, 0.15) is 6.17 Å². The molecule has 1 N–H and O–H groups in total. The molecule has 0 saturated carbocycles. The lowest BCUT2D eigenvalue weighted by atomic mass is 10.0. The van der Waals surface area contributed by atoms with Crippen molar-refractivity contribution in [2.45, 2.75) is 120 Å². The highest BCUT2D eigenvalue weighted by Gasteiger charge is 2.38. The first kappa shape index (κ1) is 29.3. The van der Waals surface area contributed by atoms with E-state index in [0.29, 0.717) is 32.7 Å². The van der Waals surface area contributed by atoms with E-state index in [1.54, 1.807) is 0 Å². The third-order valence-corrected chi connectivity index (χ3v) is 6.65. The van der Waals surface area contributed by atoms with Crippen molar-refractivity contribution in [3.05, 3.63) is 0 Å². The zero-order valence-corrected chi connectivity index (χ0v) is 21.9. The lowest BCUT2D eigenvalue weighted by molar-refractivity contribution is -0.123. The van der Waals surface area contributed by atoms with Crippen LogP contribution in [-0.2, 0) is 9.53 Å². The minimum absolute atomic E-state index is 0.0440. The van der Waals surface area contributed by atoms with Gasteiger partial charge in [0.15, 0.2) is 0 Å². The van der Waals surface area contributed by atoms with E-state index in [1.165, 1.54) is 83.5 Å². The van der Waals surface area contributed by atoms with Gasteiger partial charge < -0.3 is 10.1 Å². The van der Waals surface area contributed by atoms with E-state index in [9.17, 15) is 4.79 Å². The Morgan fingerprint density at radius 3 is 1.65 bits per heavy atom. The zero-order valence-electron chi connectivity index (χ0n) is 19.6. The smallest absolute Gasteiger partial charge is 0.223 e. The summed E-state index contributed by atoms with van der Waals surface area (Å²) in [6, 6.07) is 0. The van der Waals surface area contributed by atoms with Gasteiger partial charge in [0, 0.05) is 19.5 Å². The van der Waals surface area contributed by atoms with Crippen LogP contribution < -0.4 is 5.32 Å². The molecule has 1 fully saturated rings. The maximum absolute atomic E-state index is 12.3. The number of amides is 1. The SMILES string of the molecule is CCCCCCCCCCCCCCCCCC(=O)N[C@@H](N1CCOCC1)C(Cl)(Cl)Cl. The molecule has 1 aliphatic rings. The summed E-state index contributed by atoms with van der Waals surface area (Å²) in [4.78, 5) is 14.3. The van der Waals surface area contributed by atoms with Gasteiger partial charge in [0.25, 0.3) is 0 Å². The Balaban J connectivity index is 1.97. The third-order valence-electron chi connectivity index (χ3n) is 6.03. The molecular weight excluding hydrogens is 455 g/mol. The van der Waals surface area contributed by atoms with Gasteiger partial charge in [-0.1, -0.05) is 132 Å². The van der Waals surface area contributed by atoms with Crippen LogP contribution >= 0.6 is 34.8 Å². The number of carbonyl (C=O) groups is 1. The molecular formula is C24H45Cl3N2O2. The van der Waals surface area contributed by atoms with Crippen LogP contribution in [-0.4, -0.2) is 47.1 Å². The van der Waals surface area contributed by atoms with Crippen molar-refractivity contribution in [2.75, 3.05) is 26.3 Å². The lowest BCUT2D eigenvalue weighted by Crippen LogP contribution is -2.58. The van der Waals surface area contributed by atoms with Gasteiger partial charge >= 0.3 is 0 Å². The van der Waals surface area contributed by atoms with Crippen molar-refractivity contribution in [2.24, 2.45) is 0 Å². The highest BCUT2D eigenvalue weighted by molar-refractivity contribution is 6.68. The summed E-state index contributed by atoms with van der Waals surface area (Å²) >= 11 is 18.3. The molecule has 0 aromatic heterocycles. The number of rotatable bonds is 18. The Kier molecular flexibility index (Phi) is 17.6. The van der Waals surface area contributed by atoms with Gasteiger partial charge in [0.2, 0.25) is 9.70 Å². The van der Waals surface area contributed by atoms with Crippen LogP contribution in [0.3, 0.4) is 0 Å². The Labute approximate surface area is 206 Å². The van der Waals surface area contributed by atoms with Gasteiger partial charge in [-0.2, -0.15) is 0 Å². The van der Waals surface area contributed by atoms with Crippen LogP contribution in [0.15, 0.2) is 0 Å². The first-order valence-electron chi connectivity index (χ1n) is 12.6. The molecule has 0 aliphatic carbocycles. The molecule has 0 aromatic carbocycles. The number of ether oxygens (including phenoxy) is 1. The number of hydrogen-bond donors (Lipinski definition) is 1. The summed E-state index contributed by atoms with van der Waals surface area (Å²) < 4.78 is 3.79. The first-order chi connectivity index (χ1) is 14.9. The van der Waals surface area contributed by atoms with Crippen molar-refractivity contribution in [3.8, 4) is 0 Å². The Morgan fingerprint density at radius 2 is 1.23 bits per heavy atom. The molecule has 1 saturated heterocycles. The van der Waals surface area contributed by atoms with Crippen LogP contribution in [0.1, 0.15) is 110 Å². The van der Waals surface area contributed by atoms with Crippen LogP contribution in [0.25, 0.3) is 0 Å². The average Bonchev–Trinajstić information content (AvgIpc) is 2.74. The van der Waals surface area contributed by atoms with Gasteiger partial charge in [-0.05, 0) is 6.42 Å². The van der Waals surface area contributed by atoms with Crippen molar-refractivity contribution >= 4 is 40.7 Å². The maximum Gasteiger partial charge on any atom is 0.223 e. The molecule has 0 radical (unpaired) electrons. The quantitative estimate of drug-likeness (QED) is 0.158. The number of nitrogens with zero attached hydrogens (tertiary/aromatic N) is 1. The fourth-order valence-electron chi connectivity index (χ4n) is 4.10. The van der Waals surface area contributed by atoms with Crippen LogP contribution in [0.5, 0.6) is 0 Å². The molecule has 31 heavy (non-hydrogen) atoms. The van der Waals surface area contributed by atoms with Crippen LogP contribution in [0.2, 0.25) is 0 Å². The highest BCUT2D eigenvalue weighted by atomic mass is 35.6. The van der Waals surface area contributed by atoms with E-state index >= 15 is 0 Å². The summed E-state index contributed by atoms with van der Waals surface area (Å²) in [5, 5.41) is 2.91. The molecule has 1 atom stereocenters. The third kappa shape index (κ3) is 15.7. The fourth-order valence-corrected chi connectivity index (χ4v) is 4.68. The number of halogens is 3. The number of carbonyl (C=O) groups excluding carboxylic acids is 1. The summed E-state index contributed by atoms with van der Waals surface area (Å²) in [6.45, 7) is 4.75. The van der Waals surface area contributed by atoms with Gasteiger partial charge in [-0.15, -0.1) is 0 Å². The number of nitrogens with one attached hydrogen (secondary N) is 1. The van der Waals surface area contributed by atoms with Crippen molar-refractivity contribution in [1.82, 2.24) is 10.2 Å². The Hall–Kier alpha value is 0.260. The molecule has 7 heteroatoms. The van der Waals surface area contributed by atoms with E-state index in [0.717, 1.165) is 12.8 Å². The lowest BCUT2D eigenvalue weighted by Gasteiger charge is -2.38. The topological polar surface area (TPSA) is 41.6 Å². The maximum atomic E-state index is 12.3. The molecule has 1 aliphatic heterocycles. The minimum atomic E-state index is -1.55. The van der Waals surface area contributed by atoms with Crippen molar-refractivity contribution in [3.63, 3.8) is 0 Å². The summed E-state index contributed by atoms with van der Waals surface area (Å²) in [6.07, 6.45) is 19.5. The minimum Gasteiger partial charge on any atom is -0.379 e. The van der Waals surface area contributed by atoms with E-state index in [1.807, 2.05) is 4.90 Å². The number of alkyl halides is 3. The fraction of sp³-hybridized carbons (Fsp3) is 0.958. The van der Waals surface area contributed by atoms with E-state index in [4.69, 9.17) is 39.5 Å². The molecule has 0 aromatic rings. The van der Waals surface area contributed by atoms with E-state index in [-0.39, 0.29) is 5.91 Å². The van der Waals surface area contributed by atoms with Crippen LogP contribution in [0, 0.1) is 0 Å². The number of unbranched alkanes of at least 4 members (excludes halogenated alkanes) is 14. The molecule has 1 heterocycles. The van der Waals surface area contributed by atoms with Gasteiger partial charge in [-0.3, -0.25) is 9.69 Å². The van der Waals surface area contributed by atoms with E-state index in [2.05, 4.69) is 12.2 Å². The van der Waals surface area contributed by atoms with Crippen molar-refractivity contribution in [1.29, 1.82) is 0 Å². The average molecular weight is 500 g/mol. The zero-order chi connectivity index (χ0) is 22.8. The molecule has 4 nitrogen and oxygen atoms in total. The summed E-state index contributed by atoms with van der Waals surface area (Å²) in [7, 11) is 0. The molecule has 0 unspecified atom stereocenters. The Bertz CT molecular complexity index is 441. The normalized spacial score (nSPS) is 16.4. The van der Waals surface area contributed by atoms with Gasteiger partial charge in [-0.25, -0.2) is 0 Å². The Morgan fingerprint density at radius 1 is 0.806 bits per heavy atom. The predicted octanol–water partition coefficient (Wildman–Crippen LogP) is 7.39. The molecule has 184 valence electrons. The second kappa shape index (κ2) is 18.7. The van der Waals surface area contributed by atoms with E-state index < -0.39 is 9.96 Å². The first-order valence-corrected chi connectivity index (χ1v) is 13.8. The monoisotopic (exact) mass is 498 g/mol. The summed E-state index contributed by atoms with van der Waals surface area (Å²) in [5.41, 5.74) is 0. The number of hydrogen-bond acceptors (Lipinski definition) is 3. The predicted molar refractivity (Wildman–Crippen MR) is 134 cm³/mol. The molecule has 0 bridgehead atoms. The largest absolute Gasteiger partial charge is 0.379 e. The van der Waals surface area contributed by atoms with Gasteiger partial charge in [0.05, 0.1) is 13.2 Å². The molecule has 1 amide bonds.